The molecule has 1 fully saturated rings. The van der Waals surface area contributed by atoms with E-state index in [9.17, 15) is 19.5 Å². The van der Waals surface area contributed by atoms with Crippen LogP contribution in [0.5, 0.6) is 5.75 Å². The van der Waals surface area contributed by atoms with Gasteiger partial charge in [0, 0.05) is 28.6 Å². The minimum atomic E-state index is -0.825. The molecule has 11 heteroatoms. The summed E-state index contributed by atoms with van der Waals surface area (Å²) in [6.45, 7) is 0.837. The molecule has 42 heavy (non-hydrogen) atoms. The molecule has 4 rings (SSSR count). The highest BCUT2D eigenvalue weighted by atomic mass is 35.5. The number of aliphatic hydroxyl groups excluding tert-OH is 1. The Hall–Kier alpha value is -3.01. The number of alkyl carbamates (subject to hydrolysis) is 1. The Morgan fingerprint density at radius 1 is 1.05 bits per heavy atom. The first-order valence-corrected chi connectivity index (χ1v) is 15.3. The number of fused-ring (bicyclic) bond motifs is 1. The van der Waals surface area contributed by atoms with Crippen LogP contribution in [0.4, 0.5) is 4.79 Å². The van der Waals surface area contributed by atoms with Gasteiger partial charge in [0.1, 0.15) is 25.0 Å². The van der Waals surface area contributed by atoms with Gasteiger partial charge in [-0.2, -0.15) is 0 Å². The first-order valence-electron chi connectivity index (χ1n) is 14.6. The molecule has 0 saturated heterocycles. The monoisotopic (exact) mass is 619 g/mol. The molecule has 2 aliphatic rings. The van der Waals surface area contributed by atoms with Gasteiger partial charge in [-0.15, -0.1) is 0 Å². The van der Waals surface area contributed by atoms with Gasteiger partial charge in [-0.05, 0) is 54.7 Å². The summed E-state index contributed by atoms with van der Waals surface area (Å²) in [6.07, 6.45) is 5.50. The number of hydrogen-bond acceptors (Lipinski definition) is 6. The molecule has 0 spiro atoms. The number of ether oxygens (including phenoxy) is 2. The molecule has 2 aromatic carbocycles. The second-order valence-corrected chi connectivity index (χ2v) is 11.9. The molecule has 1 aliphatic carbocycles. The quantitative estimate of drug-likeness (QED) is 0.317. The third-order valence-corrected chi connectivity index (χ3v) is 8.26. The summed E-state index contributed by atoms with van der Waals surface area (Å²) in [5.74, 6) is 0.496. The van der Waals surface area contributed by atoms with Crippen molar-refractivity contribution in [2.75, 3.05) is 19.8 Å². The Bertz CT molecular complexity index is 1220. The van der Waals surface area contributed by atoms with Crippen LogP contribution in [0.1, 0.15) is 62.5 Å². The summed E-state index contributed by atoms with van der Waals surface area (Å²) >= 11 is 12.1. The van der Waals surface area contributed by atoms with E-state index < -0.39 is 24.1 Å². The maximum atomic E-state index is 13.4. The zero-order chi connectivity index (χ0) is 29.9. The number of aliphatic hydroxyl groups is 1. The van der Waals surface area contributed by atoms with E-state index in [4.69, 9.17) is 32.7 Å². The highest BCUT2D eigenvalue weighted by molar-refractivity contribution is 6.30. The Kier molecular flexibility index (Phi) is 12.2. The van der Waals surface area contributed by atoms with Crippen LogP contribution >= 0.6 is 23.2 Å². The molecular weight excluding hydrogens is 581 g/mol. The molecule has 228 valence electrons. The van der Waals surface area contributed by atoms with Crippen LogP contribution in [0.25, 0.3) is 0 Å². The number of hydrogen-bond donors (Lipinski definition) is 3. The van der Waals surface area contributed by atoms with E-state index in [1.165, 1.54) is 6.42 Å². The average molecular weight is 621 g/mol. The van der Waals surface area contributed by atoms with Gasteiger partial charge in [-0.1, -0.05) is 67.4 Å². The molecule has 3 N–H and O–H groups in total. The van der Waals surface area contributed by atoms with Crippen molar-refractivity contribution in [1.29, 1.82) is 0 Å². The molecular formula is C31H39Cl2N3O6. The molecule has 0 aromatic heterocycles. The highest BCUT2D eigenvalue weighted by Gasteiger charge is 2.28. The molecule has 0 radical (unpaired) electrons. The van der Waals surface area contributed by atoms with Crippen molar-refractivity contribution in [1.82, 2.24) is 15.5 Å². The third kappa shape index (κ3) is 9.78. The number of amides is 3. The SMILES string of the molecule is O=C(NC(CC1CCCCC1)C(=O)NC(CO)CCC(=O)N1CCOc2ccc(Cl)cc2C1)OCc1cccc(Cl)c1. The van der Waals surface area contributed by atoms with E-state index in [2.05, 4.69) is 10.6 Å². The first-order chi connectivity index (χ1) is 20.3. The molecule has 1 heterocycles. The summed E-state index contributed by atoms with van der Waals surface area (Å²) < 4.78 is 11.1. The molecule has 9 nitrogen and oxygen atoms in total. The zero-order valence-electron chi connectivity index (χ0n) is 23.7. The summed E-state index contributed by atoms with van der Waals surface area (Å²) in [5, 5.41) is 16.7. The van der Waals surface area contributed by atoms with Crippen LogP contribution in [-0.2, 0) is 27.5 Å². The number of halogens is 2. The van der Waals surface area contributed by atoms with Crippen LogP contribution in [0.3, 0.4) is 0 Å². The van der Waals surface area contributed by atoms with E-state index in [1.54, 1.807) is 47.4 Å². The minimum Gasteiger partial charge on any atom is -0.491 e. The maximum Gasteiger partial charge on any atom is 0.408 e. The number of rotatable bonds is 11. The van der Waals surface area contributed by atoms with Crippen molar-refractivity contribution in [2.24, 2.45) is 5.92 Å². The molecule has 1 aliphatic heterocycles. The number of nitrogens with zero attached hydrogens (tertiary/aromatic N) is 1. The van der Waals surface area contributed by atoms with E-state index in [0.717, 1.165) is 36.8 Å². The fourth-order valence-corrected chi connectivity index (χ4v) is 5.90. The summed E-state index contributed by atoms with van der Waals surface area (Å²) in [4.78, 5) is 40.8. The van der Waals surface area contributed by atoms with E-state index in [1.807, 2.05) is 0 Å². The molecule has 2 atom stereocenters. The largest absolute Gasteiger partial charge is 0.491 e. The maximum absolute atomic E-state index is 13.4. The Labute approximate surface area is 256 Å². The molecule has 0 bridgehead atoms. The van der Waals surface area contributed by atoms with E-state index in [0.29, 0.717) is 47.8 Å². The van der Waals surface area contributed by atoms with Crippen LogP contribution in [0, 0.1) is 5.92 Å². The predicted octanol–water partition coefficient (Wildman–Crippen LogP) is 5.24. The second-order valence-electron chi connectivity index (χ2n) is 11.0. The predicted molar refractivity (Wildman–Crippen MR) is 160 cm³/mol. The third-order valence-electron chi connectivity index (χ3n) is 7.79. The number of benzene rings is 2. The van der Waals surface area contributed by atoms with Crippen molar-refractivity contribution >= 4 is 41.1 Å². The smallest absolute Gasteiger partial charge is 0.408 e. The number of nitrogens with one attached hydrogen (secondary N) is 2. The summed E-state index contributed by atoms with van der Waals surface area (Å²) in [7, 11) is 0. The topological polar surface area (TPSA) is 117 Å². The summed E-state index contributed by atoms with van der Waals surface area (Å²) in [6, 6.07) is 10.9. The zero-order valence-corrected chi connectivity index (χ0v) is 25.2. The van der Waals surface area contributed by atoms with Gasteiger partial charge in [-0.25, -0.2) is 4.79 Å². The normalized spacial score (nSPS) is 16.8. The molecule has 2 aromatic rings. The van der Waals surface area contributed by atoms with Gasteiger partial charge >= 0.3 is 6.09 Å². The Balaban J connectivity index is 1.32. The van der Waals surface area contributed by atoms with Gasteiger partial charge in [0.15, 0.2) is 0 Å². The van der Waals surface area contributed by atoms with Gasteiger partial charge in [0.2, 0.25) is 11.8 Å². The highest BCUT2D eigenvalue weighted by Crippen LogP contribution is 2.28. The van der Waals surface area contributed by atoms with Gasteiger partial charge in [-0.3, -0.25) is 9.59 Å². The van der Waals surface area contributed by atoms with Gasteiger partial charge in [0.05, 0.1) is 19.2 Å². The molecule has 1 saturated carbocycles. The van der Waals surface area contributed by atoms with Crippen molar-refractivity contribution in [3.63, 3.8) is 0 Å². The first kappa shape index (κ1) is 31.9. The fraction of sp³-hybridized carbons (Fsp3) is 0.516. The van der Waals surface area contributed by atoms with Crippen molar-refractivity contribution < 1.29 is 29.0 Å². The van der Waals surface area contributed by atoms with Gasteiger partial charge < -0.3 is 30.1 Å². The lowest BCUT2D eigenvalue weighted by Gasteiger charge is -2.28. The lowest BCUT2D eigenvalue weighted by atomic mass is 9.84. The van der Waals surface area contributed by atoms with E-state index in [-0.39, 0.29) is 32.0 Å². The van der Waals surface area contributed by atoms with Crippen LogP contribution in [0.2, 0.25) is 10.0 Å². The Morgan fingerprint density at radius 2 is 1.83 bits per heavy atom. The van der Waals surface area contributed by atoms with Crippen LogP contribution in [-0.4, -0.2) is 59.8 Å². The van der Waals surface area contributed by atoms with E-state index >= 15 is 0 Å². The second kappa shape index (κ2) is 16.0. The molecule has 3 amide bonds. The lowest BCUT2D eigenvalue weighted by Crippen LogP contribution is -2.51. The summed E-state index contributed by atoms with van der Waals surface area (Å²) in [5.41, 5.74) is 1.57. The van der Waals surface area contributed by atoms with Crippen molar-refractivity contribution in [3.05, 3.63) is 63.6 Å². The average Bonchev–Trinajstić information content (AvgIpc) is 3.20. The van der Waals surface area contributed by atoms with Crippen LogP contribution in [0.15, 0.2) is 42.5 Å². The van der Waals surface area contributed by atoms with Crippen LogP contribution < -0.4 is 15.4 Å². The standard InChI is InChI=1S/C31H39Cl2N3O6/c32-24-8-4-7-22(15-24)20-42-31(40)35-27(16-21-5-2-1-3-6-21)30(39)34-26(19-37)10-12-29(38)36-13-14-41-28-11-9-25(33)17-23(28)18-36/h4,7-9,11,15,17,21,26-27,37H,1-3,5-6,10,12-14,16,18-20H2,(H,34,39)(H,35,40). The van der Waals surface area contributed by atoms with Crippen molar-refractivity contribution in [3.8, 4) is 5.75 Å². The lowest BCUT2D eigenvalue weighted by molar-refractivity contribution is -0.132. The number of carbonyl (C=O) groups excluding carboxylic acids is 3. The fourth-order valence-electron chi connectivity index (χ4n) is 5.49. The van der Waals surface area contributed by atoms with Gasteiger partial charge in [0.25, 0.3) is 0 Å². The minimum absolute atomic E-state index is 0.0176. The molecule has 2 unspecified atom stereocenters. The number of carbonyl (C=O) groups is 3. The van der Waals surface area contributed by atoms with Crippen molar-refractivity contribution in [2.45, 2.75) is 76.6 Å². The Morgan fingerprint density at radius 3 is 2.60 bits per heavy atom.